The molecule has 0 saturated carbocycles. The van der Waals surface area contributed by atoms with Gasteiger partial charge in [0.15, 0.2) is 0 Å². The average Bonchev–Trinajstić information content (AvgIpc) is 2.04. The Bertz CT molecular complexity index is 274. The van der Waals surface area contributed by atoms with E-state index in [0.29, 0.717) is 0 Å². The standard InChI is InChI=1S/C10H14NOP/c1-8(12)11-10(13)7-9-5-3-2-4-6-9/h2-6,10H,7,13H2,1H3,(H,11,12). The summed E-state index contributed by atoms with van der Waals surface area (Å²) in [6.45, 7) is 1.53. The fourth-order valence-electron chi connectivity index (χ4n) is 1.18. The summed E-state index contributed by atoms with van der Waals surface area (Å²) < 4.78 is 0. The maximum Gasteiger partial charge on any atom is 0.217 e. The van der Waals surface area contributed by atoms with E-state index in [9.17, 15) is 4.79 Å². The fourth-order valence-corrected chi connectivity index (χ4v) is 1.69. The van der Waals surface area contributed by atoms with Gasteiger partial charge in [-0.1, -0.05) is 30.3 Å². The molecule has 2 unspecified atom stereocenters. The average molecular weight is 195 g/mol. The highest BCUT2D eigenvalue weighted by Crippen LogP contribution is 2.07. The lowest BCUT2D eigenvalue weighted by Crippen LogP contribution is -2.29. The maximum absolute atomic E-state index is 10.7. The monoisotopic (exact) mass is 195 g/mol. The molecule has 0 bridgehead atoms. The van der Waals surface area contributed by atoms with Gasteiger partial charge in [-0.05, 0) is 12.0 Å². The van der Waals surface area contributed by atoms with Crippen molar-refractivity contribution < 1.29 is 4.79 Å². The Morgan fingerprint density at radius 1 is 1.46 bits per heavy atom. The zero-order valence-electron chi connectivity index (χ0n) is 7.66. The predicted octanol–water partition coefficient (Wildman–Crippen LogP) is 1.57. The van der Waals surface area contributed by atoms with Gasteiger partial charge in [-0.15, -0.1) is 9.24 Å². The summed E-state index contributed by atoms with van der Waals surface area (Å²) in [4.78, 5) is 10.7. The molecule has 1 rings (SSSR count). The molecular formula is C10H14NOP. The quantitative estimate of drug-likeness (QED) is 0.729. The predicted molar refractivity (Wildman–Crippen MR) is 57.5 cm³/mol. The lowest BCUT2D eigenvalue weighted by atomic mass is 10.1. The molecule has 0 spiro atoms. The van der Waals surface area contributed by atoms with Crippen molar-refractivity contribution in [1.82, 2.24) is 5.32 Å². The van der Waals surface area contributed by atoms with Crippen LogP contribution in [0.15, 0.2) is 30.3 Å². The summed E-state index contributed by atoms with van der Waals surface area (Å²) >= 11 is 0. The third-order valence-electron chi connectivity index (χ3n) is 1.69. The normalized spacial score (nSPS) is 12.2. The maximum atomic E-state index is 10.7. The van der Waals surface area contributed by atoms with Crippen molar-refractivity contribution in [2.75, 3.05) is 0 Å². The molecule has 0 saturated heterocycles. The second kappa shape index (κ2) is 4.98. The van der Waals surface area contributed by atoms with Crippen molar-refractivity contribution >= 4 is 15.1 Å². The number of rotatable bonds is 3. The van der Waals surface area contributed by atoms with E-state index in [4.69, 9.17) is 0 Å². The Morgan fingerprint density at radius 2 is 2.08 bits per heavy atom. The number of carbonyl (C=O) groups excluding carboxylic acids is 1. The highest BCUT2D eigenvalue weighted by atomic mass is 31.0. The van der Waals surface area contributed by atoms with Gasteiger partial charge < -0.3 is 5.32 Å². The molecule has 1 aromatic rings. The van der Waals surface area contributed by atoms with Crippen LogP contribution in [-0.4, -0.2) is 11.7 Å². The molecule has 1 amide bonds. The van der Waals surface area contributed by atoms with E-state index in [0.717, 1.165) is 6.42 Å². The van der Waals surface area contributed by atoms with Crippen LogP contribution in [0.2, 0.25) is 0 Å². The minimum atomic E-state index is 0.0101. The van der Waals surface area contributed by atoms with Crippen LogP contribution in [-0.2, 0) is 11.2 Å². The van der Waals surface area contributed by atoms with Crippen LogP contribution in [0.3, 0.4) is 0 Å². The van der Waals surface area contributed by atoms with Crippen molar-refractivity contribution in [2.24, 2.45) is 0 Å². The summed E-state index contributed by atoms with van der Waals surface area (Å²) in [6, 6.07) is 10.1. The topological polar surface area (TPSA) is 29.1 Å². The summed E-state index contributed by atoms with van der Waals surface area (Å²) in [5.41, 5.74) is 1.23. The number of hydrogen-bond donors (Lipinski definition) is 1. The molecule has 0 aliphatic heterocycles. The second-order valence-corrected chi connectivity index (χ2v) is 3.80. The van der Waals surface area contributed by atoms with Gasteiger partial charge in [0.25, 0.3) is 0 Å². The molecule has 0 fully saturated rings. The van der Waals surface area contributed by atoms with Gasteiger partial charge in [0, 0.05) is 12.7 Å². The number of carbonyl (C=O) groups is 1. The molecule has 3 heteroatoms. The molecule has 13 heavy (non-hydrogen) atoms. The molecule has 0 aliphatic rings. The molecule has 2 atom stereocenters. The van der Waals surface area contributed by atoms with Crippen LogP contribution in [0.25, 0.3) is 0 Å². The number of hydrogen-bond acceptors (Lipinski definition) is 1. The van der Waals surface area contributed by atoms with Crippen LogP contribution < -0.4 is 5.32 Å². The molecule has 2 nitrogen and oxygen atoms in total. The summed E-state index contributed by atoms with van der Waals surface area (Å²) in [5.74, 6) is 0.135. The van der Waals surface area contributed by atoms with E-state index in [-0.39, 0.29) is 11.7 Å². The third-order valence-corrected chi connectivity index (χ3v) is 2.09. The van der Waals surface area contributed by atoms with Crippen molar-refractivity contribution in [2.45, 2.75) is 19.1 Å². The third kappa shape index (κ3) is 4.05. The molecule has 1 aromatic carbocycles. The Hall–Kier alpha value is -0.880. The Balaban J connectivity index is 2.45. The summed E-state index contributed by atoms with van der Waals surface area (Å²) in [5, 5.41) is 2.82. The van der Waals surface area contributed by atoms with Gasteiger partial charge in [0.05, 0.1) is 0 Å². The minimum absolute atomic E-state index is 0.0101. The van der Waals surface area contributed by atoms with E-state index >= 15 is 0 Å². The van der Waals surface area contributed by atoms with E-state index in [1.807, 2.05) is 18.2 Å². The van der Waals surface area contributed by atoms with E-state index < -0.39 is 0 Å². The second-order valence-electron chi connectivity index (χ2n) is 3.00. The fraction of sp³-hybridized carbons (Fsp3) is 0.300. The zero-order chi connectivity index (χ0) is 9.68. The smallest absolute Gasteiger partial charge is 0.217 e. The van der Waals surface area contributed by atoms with Crippen LogP contribution in [0.5, 0.6) is 0 Å². The number of nitrogens with one attached hydrogen (secondary N) is 1. The number of benzene rings is 1. The first-order valence-electron chi connectivity index (χ1n) is 4.25. The lowest BCUT2D eigenvalue weighted by Gasteiger charge is -2.11. The highest BCUT2D eigenvalue weighted by Gasteiger charge is 2.03. The first-order valence-corrected chi connectivity index (χ1v) is 4.92. The molecule has 0 heterocycles. The van der Waals surface area contributed by atoms with Gasteiger partial charge in [0.2, 0.25) is 5.91 Å². The van der Waals surface area contributed by atoms with E-state index in [1.165, 1.54) is 12.5 Å². The largest absolute Gasteiger partial charge is 0.350 e. The zero-order valence-corrected chi connectivity index (χ0v) is 8.81. The van der Waals surface area contributed by atoms with E-state index in [2.05, 4.69) is 26.7 Å². The molecule has 1 N–H and O–H groups in total. The first-order chi connectivity index (χ1) is 6.18. The van der Waals surface area contributed by atoms with Gasteiger partial charge in [0.1, 0.15) is 0 Å². The minimum Gasteiger partial charge on any atom is -0.350 e. The van der Waals surface area contributed by atoms with Gasteiger partial charge in [-0.2, -0.15) is 0 Å². The van der Waals surface area contributed by atoms with E-state index in [1.54, 1.807) is 0 Å². The Morgan fingerprint density at radius 3 is 2.62 bits per heavy atom. The molecule has 0 aromatic heterocycles. The SMILES string of the molecule is CC(=O)NC(P)Cc1ccccc1. The first kappa shape index (κ1) is 10.2. The van der Waals surface area contributed by atoms with Crippen molar-refractivity contribution in [3.63, 3.8) is 0 Å². The van der Waals surface area contributed by atoms with Crippen LogP contribution in [0, 0.1) is 0 Å². The van der Waals surface area contributed by atoms with Crippen molar-refractivity contribution in [3.05, 3.63) is 35.9 Å². The van der Waals surface area contributed by atoms with Gasteiger partial charge >= 0.3 is 0 Å². The molecule has 0 aliphatic carbocycles. The van der Waals surface area contributed by atoms with Gasteiger partial charge in [-0.25, -0.2) is 0 Å². The van der Waals surface area contributed by atoms with Crippen molar-refractivity contribution in [1.29, 1.82) is 0 Å². The molecule has 70 valence electrons. The van der Waals surface area contributed by atoms with Crippen molar-refractivity contribution in [3.8, 4) is 0 Å². The van der Waals surface area contributed by atoms with Crippen LogP contribution >= 0.6 is 9.24 Å². The van der Waals surface area contributed by atoms with Gasteiger partial charge in [-0.3, -0.25) is 4.79 Å². The van der Waals surface area contributed by atoms with Crippen LogP contribution in [0.1, 0.15) is 12.5 Å². The number of amides is 1. The summed E-state index contributed by atoms with van der Waals surface area (Å²) in [6.07, 6.45) is 0.852. The molecular weight excluding hydrogens is 181 g/mol. The molecule has 0 radical (unpaired) electrons. The Kier molecular flexibility index (Phi) is 3.91. The Labute approximate surface area is 80.9 Å². The summed E-state index contributed by atoms with van der Waals surface area (Å²) in [7, 11) is 2.62. The lowest BCUT2D eigenvalue weighted by molar-refractivity contribution is -0.119. The van der Waals surface area contributed by atoms with Crippen LogP contribution in [0.4, 0.5) is 0 Å². The highest BCUT2D eigenvalue weighted by molar-refractivity contribution is 7.17.